The van der Waals surface area contributed by atoms with Crippen LogP contribution in [0.4, 0.5) is 28.1 Å². The molecule has 0 aliphatic heterocycles. The normalized spacial score (nSPS) is 17.3. The molecule has 1 amide bonds. The number of aromatic nitrogens is 3. The molecular weight excluding hydrogens is 430 g/mol. The number of hydrogen-bond acceptors (Lipinski definition) is 8. The van der Waals surface area contributed by atoms with E-state index in [1.807, 2.05) is 66.1 Å². The molecule has 4 rings (SSSR count). The van der Waals surface area contributed by atoms with Crippen molar-refractivity contribution in [1.29, 1.82) is 0 Å². The first-order valence-corrected chi connectivity index (χ1v) is 11.4. The Bertz CT molecular complexity index is 1200. The van der Waals surface area contributed by atoms with Crippen molar-refractivity contribution in [2.45, 2.75) is 44.8 Å². The minimum absolute atomic E-state index is 0.0531. The van der Waals surface area contributed by atoms with Crippen LogP contribution in [0.3, 0.4) is 0 Å². The number of carbonyl (C=O) groups is 1. The van der Waals surface area contributed by atoms with Crippen molar-refractivity contribution in [1.82, 2.24) is 20.3 Å². The van der Waals surface area contributed by atoms with Crippen molar-refractivity contribution < 1.29 is 9.53 Å². The van der Waals surface area contributed by atoms with Crippen molar-refractivity contribution in [2.24, 2.45) is 0 Å². The number of nitrogens with one attached hydrogen (secondary N) is 2. The largest absolute Gasteiger partial charge is 0.444 e. The summed E-state index contributed by atoms with van der Waals surface area (Å²) in [4.78, 5) is 29.6. The highest BCUT2D eigenvalue weighted by Crippen LogP contribution is 2.45. The van der Waals surface area contributed by atoms with Crippen molar-refractivity contribution in [3.05, 3.63) is 42.2 Å². The van der Waals surface area contributed by atoms with Crippen LogP contribution < -0.4 is 20.4 Å². The summed E-state index contributed by atoms with van der Waals surface area (Å²) in [5.74, 6) is 2.22. The Balaban J connectivity index is 1.63. The minimum Gasteiger partial charge on any atom is -0.444 e. The quantitative estimate of drug-likeness (QED) is 0.559. The number of nitrogens with zero attached hydrogens (tertiary/aromatic N) is 5. The highest BCUT2D eigenvalue weighted by Gasteiger charge is 2.41. The zero-order chi connectivity index (χ0) is 24.6. The van der Waals surface area contributed by atoms with Crippen LogP contribution in [0.15, 0.2) is 36.7 Å². The molecule has 2 aromatic heterocycles. The fraction of sp³-hybridized carbons (Fsp3) is 0.440. The monoisotopic (exact) mass is 463 g/mol. The first kappa shape index (κ1) is 23.5. The van der Waals surface area contributed by atoms with Gasteiger partial charge in [-0.2, -0.15) is 4.98 Å². The summed E-state index contributed by atoms with van der Waals surface area (Å²) in [6, 6.07) is 8.19. The van der Waals surface area contributed by atoms with E-state index < -0.39 is 5.60 Å². The maximum absolute atomic E-state index is 12.3. The van der Waals surface area contributed by atoms with Gasteiger partial charge in [0.25, 0.3) is 0 Å². The highest BCUT2D eigenvalue weighted by molar-refractivity contribution is 5.98. The molecular formula is C25H33N7O2. The molecule has 1 aliphatic carbocycles. The van der Waals surface area contributed by atoms with Gasteiger partial charge in [-0.25, -0.2) is 14.8 Å². The number of hydrogen-bond donors (Lipinski definition) is 2. The predicted octanol–water partition coefficient (Wildman–Crippen LogP) is 4.28. The van der Waals surface area contributed by atoms with Crippen LogP contribution in [0.2, 0.25) is 0 Å². The van der Waals surface area contributed by atoms with E-state index in [1.54, 1.807) is 6.20 Å². The predicted molar refractivity (Wildman–Crippen MR) is 136 cm³/mol. The Kier molecular flexibility index (Phi) is 6.20. The minimum atomic E-state index is -0.520. The van der Waals surface area contributed by atoms with Gasteiger partial charge in [0.05, 0.1) is 0 Å². The van der Waals surface area contributed by atoms with Crippen molar-refractivity contribution in [3.8, 4) is 0 Å². The Morgan fingerprint density at radius 2 is 1.79 bits per heavy atom. The number of benzene rings is 1. The third-order valence-corrected chi connectivity index (χ3v) is 5.58. The molecule has 1 fully saturated rings. The molecule has 0 spiro atoms. The Morgan fingerprint density at radius 1 is 1.03 bits per heavy atom. The summed E-state index contributed by atoms with van der Waals surface area (Å²) in [7, 11) is 7.85. The lowest BCUT2D eigenvalue weighted by Gasteiger charge is -2.20. The number of carbonyl (C=O) groups excluding carboxylic acids is 1. The van der Waals surface area contributed by atoms with Gasteiger partial charge in [-0.15, -0.1) is 0 Å². The number of anilines is 4. The van der Waals surface area contributed by atoms with E-state index in [4.69, 9.17) is 4.74 Å². The van der Waals surface area contributed by atoms with E-state index in [9.17, 15) is 4.79 Å². The van der Waals surface area contributed by atoms with Gasteiger partial charge < -0.3 is 25.2 Å². The highest BCUT2D eigenvalue weighted by atomic mass is 16.6. The average molecular weight is 464 g/mol. The Labute approximate surface area is 200 Å². The number of pyridine rings is 1. The zero-order valence-electron chi connectivity index (χ0n) is 20.9. The van der Waals surface area contributed by atoms with Gasteiger partial charge in [-0.05, 0) is 56.3 Å². The maximum atomic E-state index is 12.3. The van der Waals surface area contributed by atoms with Gasteiger partial charge >= 0.3 is 6.09 Å². The summed E-state index contributed by atoms with van der Waals surface area (Å²) < 4.78 is 5.43. The molecule has 2 atom stereocenters. The molecule has 180 valence electrons. The molecule has 2 unspecified atom stereocenters. The van der Waals surface area contributed by atoms with Crippen LogP contribution in [0.5, 0.6) is 0 Å². The number of amides is 1. The third kappa shape index (κ3) is 5.30. The lowest BCUT2D eigenvalue weighted by atomic mass is 10.00. The lowest BCUT2D eigenvalue weighted by Crippen LogP contribution is -2.34. The fourth-order valence-electron chi connectivity index (χ4n) is 3.95. The Morgan fingerprint density at radius 3 is 2.47 bits per heavy atom. The van der Waals surface area contributed by atoms with E-state index >= 15 is 0 Å². The van der Waals surface area contributed by atoms with Crippen LogP contribution >= 0.6 is 0 Å². The number of ether oxygens (including phenoxy) is 1. The van der Waals surface area contributed by atoms with Crippen molar-refractivity contribution in [2.75, 3.05) is 43.3 Å². The first-order valence-electron chi connectivity index (χ1n) is 11.4. The summed E-state index contributed by atoms with van der Waals surface area (Å²) in [5.41, 5.74) is 1.75. The first-order chi connectivity index (χ1) is 16.0. The van der Waals surface area contributed by atoms with Crippen molar-refractivity contribution >= 4 is 40.1 Å². The van der Waals surface area contributed by atoms with E-state index in [1.165, 1.54) is 5.56 Å². The number of fused-ring (bicyclic) bond motifs is 1. The fourth-order valence-corrected chi connectivity index (χ4v) is 3.95. The molecule has 0 saturated heterocycles. The second-order valence-electron chi connectivity index (χ2n) is 10.0. The molecule has 0 radical (unpaired) electrons. The summed E-state index contributed by atoms with van der Waals surface area (Å²) in [5, 5.41) is 8.48. The van der Waals surface area contributed by atoms with Crippen molar-refractivity contribution in [3.63, 3.8) is 0 Å². The van der Waals surface area contributed by atoms with Crippen LogP contribution in [0.25, 0.3) is 10.8 Å². The number of rotatable bonds is 6. The van der Waals surface area contributed by atoms with E-state index in [0.29, 0.717) is 17.6 Å². The lowest BCUT2D eigenvalue weighted by molar-refractivity contribution is 0.0523. The molecule has 0 bridgehead atoms. The Hall–Kier alpha value is -3.62. The molecule has 2 N–H and O–H groups in total. The van der Waals surface area contributed by atoms with Gasteiger partial charge in [0, 0.05) is 63.6 Å². The molecule has 3 aromatic rings. The number of alkyl carbamates (subject to hydrolysis) is 1. The van der Waals surface area contributed by atoms with Crippen LogP contribution in [-0.2, 0) is 4.74 Å². The van der Waals surface area contributed by atoms with E-state index in [2.05, 4.69) is 48.7 Å². The molecule has 1 saturated carbocycles. The van der Waals surface area contributed by atoms with Gasteiger partial charge in [-0.1, -0.05) is 6.07 Å². The summed E-state index contributed by atoms with van der Waals surface area (Å²) >= 11 is 0. The zero-order valence-corrected chi connectivity index (χ0v) is 20.9. The van der Waals surface area contributed by atoms with Gasteiger partial charge in [0.2, 0.25) is 5.95 Å². The summed E-state index contributed by atoms with van der Waals surface area (Å²) in [6.45, 7) is 5.60. The van der Waals surface area contributed by atoms with Gasteiger partial charge in [0.1, 0.15) is 17.2 Å². The molecule has 1 aliphatic rings. The molecule has 2 heterocycles. The topological polar surface area (TPSA) is 95.5 Å². The van der Waals surface area contributed by atoms with E-state index in [0.717, 1.165) is 22.9 Å². The van der Waals surface area contributed by atoms with E-state index in [-0.39, 0.29) is 18.1 Å². The SMILES string of the molecule is CN(C)c1nccc(Nc2cc3c(C4CC4NC(=O)OC(C)(C)C)ccc(N(C)C)c3cn2)n1. The smallest absolute Gasteiger partial charge is 0.407 e. The average Bonchev–Trinajstić information content (AvgIpc) is 3.50. The summed E-state index contributed by atoms with van der Waals surface area (Å²) in [6.07, 6.45) is 4.11. The second-order valence-corrected chi connectivity index (χ2v) is 10.0. The second kappa shape index (κ2) is 8.96. The standard InChI is InChI=1S/C25H33N7O2/c1-25(2,3)34-24(33)28-19-12-17(19)15-8-9-20(31(4)5)18-14-27-22(13-16(15)18)29-21-10-11-26-23(30-21)32(6)7/h8-11,13-14,17,19H,12H2,1-7H3,(H,28,33)(H,26,27,29,30). The third-order valence-electron chi connectivity index (χ3n) is 5.58. The molecule has 9 nitrogen and oxygen atoms in total. The van der Waals surface area contributed by atoms with Crippen LogP contribution in [-0.4, -0.2) is 60.9 Å². The maximum Gasteiger partial charge on any atom is 0.407 e. The van der Waals surface area contributed by atoms with Crippen LogP contribution in [0.1, 0.15) is 38.7 Å². The van der Waals surface area contributed by atoms with Gasteiger partial charge in [0.15, 0.2) is 0 Å². The molecule has 1 aromatic carbocycles. The van der Waals surface area contributed by atoms with Gasteiger partial charge in [-0.3, -0.25) is 0 Å². The molecule has 34 heavy (non-hydrogen) atoms. The molecule has 9 heteroatoms. The van der Waals surface area contributed by atoms with Crippen LogP contribution in [0, 0.1) is 0 Å².